The van der Waals surface area contributed by atoms with Crippen molar-refractivity contribution in [1.29, 1.82) is 0 Å². The van der Waals surface area contributed by atoms with Gasteiger partial charge in [0.15, 0.2) is 6.61 Å². The van der Waals surface area contributed by atoms with Crippen molar-refractivity contribution in [2.75, 3.05) is 11.9 Å². The Labute approximate surface area is 181 Å². The molecule has 1 heterocycles. The molecule has 1 amide bonds. The second-order valence-corrected chi connectivity index (χ2v) is 7.12. The monoisotopic (exact) mass is 438 g/mol. The smallest absolute Gasteiger partial charge is 0.318 e. The van der Waals surface area contributed by atoms with Crippen LogP contribution in [-0.2, 0) is 14.3 Å². The van der Waals surface area contributed by atoms with Crippen LogP contribution in [0.5, 0.6) is 11.5 Å². The molecule has 0 saturated heterocycles. The number of carbonyl (C=O) groups excluding carboxylic acids is 2. The zero-order valence-corrected chi connectivity index (χ0v) is 16.7. The summed E-state index contributed by atoms with van der Waals surface area (Å²) in [6, 6.07) is 18.0. The number of nitrogens with one attached hydrogen (secondary N) is 1. The van der Waals surface area contributed by atoms with Crippen LogP contribution in [0.2, 0.25) is 5.02 Å². The van der Waals surface area contributed by atoms with Gasteiger partial charge in [-0.15, -0.1) is 0 Å². The van der Waals surface area contributed by atoms with Crippen molar-refractivity contribution in [1.82, 2.24) is 0 Å². The van der Waals surface area contributed by atoms with Crippen LogP contribution >= 0.6 is 11.6 Å². The van der Waals surface area contributed by atoms with E-state index in [-0.39, 0.29) is 16.4 Å². The molecule has 0 fully saturated rings. The SMILES string of the molecule is O=C(COC(=O)C1c2ccccc2Oc2ccccc21)Nc1ccc(Cl)cc1[N+](=O)[O-]. The molecule has 0 spiro atoms. The number of esters is 1. The Morgan fingerprint density at radius 1 is 1.03 bits per heavy atom. The Morgan fingerprint density at radius 2 is 1.65 bits per heavy atom. The molecule has 0 aromatic heterocycles. The van der Waals surface area contributed by atoms with Gasteiger partial charge in [-0.1, -0.05) is 48.0 Å². The highest BCUT2D eigenvalue weighted by Crippen LogP contribution is 2.44. The topological polar surface area (TPSA) is 108 Å². The van der Waals surface area contributed by atoms with Gasteiger partial charge in [-0.05, 0) is 24.3 Å². The van der Waals surface area contributed by atoms with E-state index in [0.717, 1.165) is 6.07 Å². The third-order valence-electron chi connectivity index (χ3n) is 4.69. The van der Waals surface area contributed by atoms with Gasteiger partial charge in [0.2, 0.25) is 0 Å². The molecule has 1 aliphatic rings. The molecule has 8 nitrogen and oxygen atoms in total. The summed E-state index contributed by atoms with van der Waals surface area (Å²) in [5.41, 5.74) is 0.844. The van der Waals surface area contributed by atoms with Crippen LogP contribution in [-0.4, -0.2) is 23.4 Å². The van der Waals surface area contributed by atoms with Crippen molar-refractivity contribution in [2.24, 2.45) is 0 Å². The van der Waals surface area contributed by atoms with Crippen LogP contribution in [0.15, 0.2) is 66.7 Å². The van der Waals surface area contributed by atoms with Crippen LogP contribution in [0.25, 0.3) is 0 Å². The number of rotatable bonds is 5. The van der Waals surface area contributed by atoms with Crippen molar-refractivity contribution in [3.05, 3.63) is 93.0 Å². The third-order valence-corrected chi connectivity index (χ3v) is 4.93. The summed E-state index contributed by atoms with van der Waals surface area (Å²) < 4.78 is 11.1. The number of nitro benzene ring substituents is 1. The van der Waals surface area contributed by atoms with Gasteiger partial charge in [-0.3, -0.25) is 19.7 Å². The molecule has 0 aliphatic carbocycles. The molecule has 1 aliphatic heterocycles. The molecule has 0 saturated carbocycles. The third kappa shape index (κ3) is 4.19. The molecule has 3 aromatic rings. The summed E-state index contributed by atoms with van der Waals surface area (Å²) >= 11 is 5.77. The standard InChI is InChI=1S/C22H15ClN2O6/c23-13-9-10-16(17(11-13)25(28)29)24-20(26)12-30-22(27)21-14-5-1-3-7-18(14)31-19-8-4-2-6-15(19)21/h1-11,21H,12H2,(H,24,26). The number of anilines is 1. The summed E-state index contributed by atoms with van der Waals surface area (Å²) in [7, 11) is 0. The minimum atomic E-state index is -0.765. The maximum Gasteiger partial charge on any atom is 0.318 e. The Kier molecular flexibility index (Phi) is 5.55. The van der Waals surface area contributed by atoms with Crippen molar-refractivity contribution < 1.29 is 24.0 Å². The number of amides is 1. The van der Waals surface area contributed by atoms with Crippen molar-refractivity contribution in [2.45, 2.75) is 5.92 Å². The number of nitrogens with zero attached hydrogens (tertiary/aromatic N) is 1. The van der Waals surface area contributed by atoms with E-state index in [2.05, 4.69) is 5.32 Å². The zero-order chi connectivity index (χ0) is 22.0. The molecule has 156 valence electrons. The van der Waals surface area contributed by atoms with Crippen LogP contribution < -0.4 is 10.1 Å². The van der Waals surface area contributed by atoms with Crippen molar-refractivity contribution in [3.8, 4) is 11.5 Å². The molecule has 0 bridgehead atoms. The molecule has 0 atom stereocenters. The van der Waals surface area contributed by atoms with E-state index in [4.69, 9.17) is 21.1 Å². The van der Waals surface area contributed by atoms with Gasteiger partial charge in [0, 0.05) is 22.2 Å². The Morgan fingerprint density at radius 3 is 2.26 bits per heavy atom. The second kappa shape index (κ2) is 8.45. The largest absolute Gasteiger partial charge is 0.457 e. The molecular weight excluding hydrogens is 424 g/mol. The van der Waals surface area contributed by atoms with E-state index in [1.54, 1.807) is 48.5 Å². The highest BCUT2D eigenvalue weighted by Gasteiger charge is 2.34. The van der Waals surface area contributed by atoms with Gasteiger partial charge in [0.25, 0.3) is 11.6 Å². The van der Waals surface area contributed by atoms with Gasteiger partial charge >= 0.3 is 5.97 Å². The van der Waals surface area contributed by atoms with E-state index in [0.29, 0.717) is 22.6 Å². The van der Waals surface area contributed by atoms with Crippen LogP contribution in [0.1, 0.15) is 17.0 Å². The molecule has 31 heavy (non-hydrogen) atoms. The average molecular weight is 439 g/mol. The number of ether oxygens (including phenoxy) is 2. The number of benzene rings is 3. The quantitative estimate of drug-likeness (QED) is 0.352. The van der Waals surface area contributed by atoms with Gasteiger partial charge in [0.1, 0.15) is 23.1 Å². The Hall–Kier alpha value is -3.91. The Balaban J connectivity index is 1.50. The van der Waals surface area contributed by atoms with E-state index in [1.807, 2.05) is 0 Å². The summed E-state index contributed by atoms with van der Waals surface area (Å²) in [6.07, 6.45) is 0. The van der Waals surface area contributed by atoms with Crippen molar-refractivity contribution in [3.63, 3.8) is 0 Å². The summed E-state index contributed by atoms with van der Waals surface area (Å²) in [5, 5.41) is 13.7. The average Bonchev–Trinajstić information content (AvgIpc) is 2.76. The predicted molar refractivity (Wildman–Crippen MR) is 112 cm³/mol. The lowest BCUT2D eigenvalue weighted by Crippen LogP contribution is -2.26. The maximum absolute atomic E-state index is 12.9. The fourth-order valence-corrected chi connectivity index (χ4v) is 3.50. The second-order valence-electron chi connectivity index (χ2n) is 6.69. The fourth-order valence-electron chi connectivity index (χ4n) is 3.33. The van der Waals surface area contributed by atoms with E-state index in [1.165, 1.54) is 12.1 Å². The number of fused-ring (bicyclic) bond motifs is 2. The lowest BCUT2D eigenvalue weighted by molar-refractivity contribution is -0.383. The normalized spacial score (nSPS) is 12.2. The zero-order valence-electron chi connectivity index (χ0n) is 15.9. The first-order valence-corrected chi connectivity index (χ1v) is 9.58. The Bertz CT molecular complexity index is 1150. The first-order chi connectivity index (χ1) is 14.9. The lowest BCUT2D eigenvalue weighted by Gasteiger charge is -2.26. The number of hydrogen-bond acceptors (Lipinski definition) is 6. The predicted octanol–water partition coefficient (Wildman–Crippen LogP) is 4.67. The first-order valence-electron chi connectivity index (χ1n) is 9.20. The lowest BCUT2D eigenvalue weighted by atomic mass is 9.88. The highest BCUT2D eigenvalue weighted by molar-refractivity contribution is 6.31. The van der Waals surface area contributed by atoms with Crippen LogP contribution in [0, 0.1) is 10.1 Å². The van der Waals surface area contributed by atoms with E-state index >= 15 is 0 Å². The molecule has 4 rings (SSSR count). The number of nitro groups is 1. The maximum atomic E-state index is 12.9. The fraction of sp³-hybridized carbons (Fsp3) is 0.0909. The van der Waals surface area contributed by atoms with Crippen LogP contribution in [0.4, 0.5) is 11.4 Å². The minimum Gasteiger partial charge on any atom is -0.457 e. The number of para-hydroxylation sites is 2. The molecular formula is C22H15ClN2O6. The van der Waals surface area contributed by atoms with Crippen LogP contribution in [0.3, 0.4) is 0 Å². The van der Waals surface area contributed by atoms with Gasteiger partial charge < -0.3 is 14.8 Å². The first kappa shape index (κ1) is 20.4. The molecule has 0 unspecified atom stereocenters. The highest BCUT2D eigenvalue weighted by atomic mass is 35.5. The number of halogens is 1. The summed E-state index contributed by atoms with van der Waals surface area (Å²) in [4.78, 5) is 35.7. The van der Waals surface area contributed by atoms with E-state index in [9.17, 15) is 19.7 Å². The molecule has 9 heteroatoms. The number of hydrogen-bond donors (Lipinski definition) is 1. The van der Waals surface area contributed by atoms with Crippen molar-refractivity contribution >= 4 is 34.9 Å². The van der Waals surface area contributed by atoms with Gasteiger partial charge in [0.05, 0.1) is 4.92 Å². The molecule has 3 aromatic carbocycles. The summed E-state index contributed by atoms with van der Waals surface area (Å²) in [5.74, 6) is -1.05. The number of carbonyl (C=O) groups is 2. The van der Waals surface area contributed by atoms with E-state index < -0.39 is 29.3 Å². The minimum absolute atomic E-state index is 0.0443. The van der Waals surface area contributed by atoms with Gasteiger partial charge in [-0.2, -0.15) is 0 Å². The summed E-state index contributed by atoms with van der Waals surface area (Å²) in [6.45, 7) is -0.611. The molecule has 0 radical (unpaired) electrons. The van der Waals surface area contributed by atoms with Gasteiger partial charge in [-0.25, -0.2) is 0 Å². The molecule has 1 N–H and O–H groups in total.